The molecule has 0 saturated heterocycles. The molecule has 1 atom stereocenters. The van der Waals surface area contributed by atoms with Crippen LogP contribution in [0.1, 0.15) is 23.6 Å². The van der Waals surface area contributed by atoms with E-state index in [2.05, 4.69) is 54.6 Å². The van der Waals surface area contributed by atoms with Crippen LogP contribution in [0.15, 0.2) is 97.1 Å². The van der Waals surface area contributed by atoms with Crippen LogP contribution in [0.3, 0.4) is 0 Å². The molecule has 3 nitrogen and oxygen atoms in total. The minimum atomic E-state index is -0.958. The van der Waals surface area contributed by atoms with Crippen LogP contribution in [0.5, 0.6) is 11.5 Å². The summed E-state index contributed by atoms with van der Waals surface area (Å²) < 4.78 is 6.65. The van der Waals surface area contributed by atoms with Crippen molar-refractivity contribution in [2.45, 2.75) is 12.3 Å². The predicted octanol–water partition coefficient (Wildman–Crippen LogP) is 6.80. The molecule has 0 aliphatic carbocycles. The van der Waals surface area contributed by atoms with Crippen LogP contribution in [-0.2, 0) is 10.2 Å². The van der Waals surface area contributed by atoms with Crippen LogP contribution in [0.4, 0.5) is 5.69 Å². The lowest BCUT2D eigenvalue weighted by Gasteiger charge is -2.38. The van der Waals surface area contributed by atoms with Gasteiger partial charge in [-0.25, -0.2) is 0 Å². The molecule has 158 valence electrons. The molecular formula is C30H21NO2. The van der Waals surface area contributed by atoms with Gasteiger partial charge in [-0.3, -0.25) is 4.79 Å². The average molecular weight is 428 g/mol. The van der Waals surface area contributed by atoms with Crippen molar-refractivity contribution >= 4 is 33.1 Å². The topological polar surface area (TPSA) is 29.5 Å². The predicted molar refractivity (Wildman–Crippen MR) is 132 cm³/mol. The number of fused-ring (bicyclic) bond motifs is 10. The van der Waals surface area contributed by atoms with E-state index in [4.69, 9.17) is 4.74 Å². The van der Waals surface area contributed by atoms with Crippen molar-refractivity contribution in [3.8, 4) is 11.5 Å². The lowest BCUT2D eigenvalue weighted by molar-refractivity contribution is -0.120. The number of amides is 1. The highest BCUT2D eigenvalue weighted by Gasteiger charge is 2.57. The highest BCUT2D eigenvalue weighted by atomic mass is 16.5. The number of nitrogens with zero attached hydrogens (tertiary/aromatic N) is 1. The number of rotatable bonds is 1. The van der Waals surface area contributed by atoms with E-state index < -0.39 is 5.41 Å². The van der Waals surface area contributed by atoms with Gasteiger partial charge in [-0.15, -0.1) is 0 Å². The van der Waals surface area contributed by atoms with Crippen LogP contribution >= 0.6 is 0 Å². The summed E-state index contributed by atoms with van der Waals surface area (Å²) in [6.07, 6.45) is 0. The maximum absolute atomic E-state index is 14.5. The second kappa shape index (κ2) is 6.46. The molecule has 33 heavy (non-hydrogen) atoms. The molecule has 1 amide bonds. The first-order valence-electron chi connectivity index (χ1n) is 11.4. The number of carbonyl (C=O) groups excluding carboxylic acids is 1. The fraction of sp³-hybridized carbons (Fsp3) is 0.100. The molecule has 3 heteroatoms. The second-order valence-corrected chi connectivity index (χ2v) is 8.74. The van der Waals surface area contributed by atoms with Gasteiger partial charge < -0.3 is 9.64 Å². The maximum atomic E-state index is 14.5. The average Bonchev–Trinajstić information content (AvgIpc) is 3.12. The normalized spacial score (nSPS) is 18.3. The zero-order chi connectivity index (χ0) is 22.2. The van der Waals surface area contributed by atoms with Crippen LogP contribution in [0.2, 0.25) is 0 Å². The molecule has 0 fully saturated rings. The Labute approximate surface area is 191 Å². The molecule has 5 aromatic carbocycles. The van der Waals surface area contributed by atoms with Crippen LogP contribution in [-0.4, -0.2) is 12.5 Å². The highest BCUT2D eigenvalue weighted by molar-refractivity contribution is 6.17. The summed E-state index contributed by atoms with van der Waals surface area (Å²) in [6.45, 7) is 2.65. The van der Waals surface area contributed by atoms with E-state index >= 15 is 0 Å². The van der Waals surface area contributed by atoms with Gasteiger partial charge in [-0.05, 0) is 35.2 Å². The Morgan fingerprint density at radius 2 is 1.39 bits per heavy atom. The summed E-state index contributed by atoms with van der Waals surface area (Å²) >= 11 is 0. The fourth-order valence-corrected chi connectivity index (χ4v) is 5.89. The lowest BCUT2D eigenvalue weighted by atomic mass is 9.66. The Morgan fingerprint density at radius 3 is 2.21 bits per heavy atom. The van der Waals surface area contributed by atoms with Gasteiger partial charge in [0.15, 0.2) is 0 Å². The van der Waals surface area contributed by atoms with Gasteiger partial charge in [-0.1, -0.05) is 84.9 Å². The molecule has 0 saturated carbocycles. The Hall–Kier alpha value is -4.11. The first-order chi connectivity index (χ1) is 16.2. The minimum absolute atomic E-state index is 0.0867. The van der Waals surface area contributed by atoms with Gasteiger partial charge >= 0.3 is 0 Å². The highest BCUT2D eigenvalue weighted by Crippen LogP contribution is 2.60. The van der Waals surface area contributed by atoms with Crippen LogP contribution in [0.25, 0.3) is 21.5 Å². The Morgan fingerprint density at radius 1 is 0.727 bits per heavy atom. The van der Waals surface area contributed by atoms with E-state index in [1.807, 2.05) is 54.3 Å². The van der Waals surface area contributed by atoms with Crippen LogP contribution < -0.4 is 9.64 Å². The molecule has 7 rings (SSSR count). The molecule has 2 heterocycles. The third-order valence-corrected chi connectivity index (χ3v) is 7.24. The summed E-state index contributed by atoms with van der Waals surface area (Å²) in [5.74, 6) is 1.61. The maximum Gasteiger partial charge on any atom is 0.247 e. The van der Waals surface area contributed by atoms with Crippen molar-refractivity contribution in [2.24, 2.45) is 0 Å². The summed E-state index contributed by atoms with van der Waals surface area (Å²) in [4.78, 5) is 16.5. The van der Waals surface area contributed by atoms with Gasteiger partial charge in [0.05, 0.1) is 0 Å². The monoisotopic (exact) mass is 427 g/mol. The summed E-state index contributed by atoms with van der Waals surface area (Å²) in [6, 6.07) is 33.0. The van der Waals surface area contributed by atoms with Crippen molar-refractivity contribution in [1.29, 1.82) is 0 Å². The number of benzene rings is 5. The third kappa shape index (κ3) is 2.17. The first-order valence-corrected chi connectivity index (χ1v) is 11.4. The van der Waals surface area contributed by atoms with Crippen molar-refractivity contribution < 1.29 is 9.53 Å². The smallest absolute Gasteiger partial charge is 0.247 e. The molecule has 0 aromatic heterocycles. The van der Waals surface area contributed by atoms with Gasteiger partial charge in [-0.2, -0.15) is 0 Å². The number of hydrogen-bond acceptors (Lipinski definition) is 2. The quantitative estimate of drug-likeness (QED) is 0.294. The van der Waals surface area contributed by atoms with E-state index in [1.54, 1.807) is 0 Å². The van der Waals surface area contributed by atoms with E-state index in [1.165, 1.54) is 0 Å². The summed E-state index contributed by atoms with van der Waals surface area (Å²) in [7, 11) is 0. The largest absolute Gasteiger partial charge is 0.456 e. The molecule has 5 aromatic rings. The summed E-state index contributed by atoms with van der Waals surface area (Å²) in [5.41, 5.74) is 2.90. The number of anilines is 1. The zero-order valence-electron chi connectivity index (χ0n) is 18.2. The van der Waals surface area contributed by atoms with Gasteiger partial charge in [0.2, 0.25) is 5.91 Å². The molecule has 0 unspecified atom stereocenters. The van der Waals surface area contributed by atoms with Gasteiger partial charge in [0, 0.05) is 34.3 Å². The first kappa shape index (κ1) is 18.5. The number of para-hydroxylation sites is 1. The number of ether oxygens (including phenoxy) is 1. The summed E-state index contributed by atoms with van der Waals surface area (Å²) in [5, 5.41) is 4.27. The standard InChI is InChI=1S/C30H21NO2/c1-2-31-25-14-8-7-13-23(25)30(29(31)32)24-17-15-20-10-4-6-12-22(20)28(24)33-26-18-16-19-9-3-5-11-21(19)27(26)30/h3-18H,2H2,1H3/t30-/m0/s1. The van der Waals surface area contributed by atoms with E-state index in [9.17, 15) is 4.79 Å². The molecule has 2 aliphatic heterocycles. The van der Waals surface area contributed by atoms with Crippen molar-refractivity contribution in [1.82, 2.24) is 0 Å². The van der Waals surface area contributed by atoms with E-state index in [0.29, 0.717) is 6.54 Å². The second-order valence-electron chi connectivity index (χ2n) is 8.74. The molecule has 1 spiro atoms. The van der Waals surface area contributed by atoms with Crippen molar-refractivity contribution in [3.05, 3.63) is 114 Å². The zero-order valence-corrected chi connectivity index (χ0v) is 18.2. The van der Waals surface area contributed by atoms with Gasteiger partial charge in [0.25, 0.3) is 0 Å². The fourth-order valence-electron chi connectivity index (χ4n) is 5.89. The molecule has 0 bridgehead atoms. The Kier molecular flexibility index (Phi) is 3.61. The lowest BCUT2D eigenvalue weighted by Crippen LogP contribution is -2.44. The number of likely N-dealkylation sites (N-methyl/N-ethyl adjacent to an activating group) is 1. The SMILES string of the molecule is CCN1C(=O)[C@@]2(c3ccccc31)c1ccc3ccccc3c1Oc1ccc3ccccc3c12. The minimum Gasteiger partial charge on any atom is -0.456 e. The van der Waals surface area contributed by atoms with E-state index in [-0.39, 0.29) is 5.91 Å². The van der Waals surface area contributed by atoms with Crippen LogP contribution in [0, 0.1) is 0 Å². The molecule has 0 radical (unpaired) electrons. The molecule has 2 aliphatic rings. The molecular weight excluding hydrogens is 406 g/mol. The van der Waals surface area contributed by atoms with Crippen molar-refractivity contribution in [2.75, 3.05) is 11.4 Å². The van der Waals surface area contributed by atoms with Gasteiger partial charge in [0.1, 0.15) is 16.9 Å². The van der Waals surface area contributed by atoms with E-state index in [0.717, 1.165) is 55.4 Å². The Bertz CT molecular complexity index is 1620. The Balaban J connectivity index is 1.72. The number of hydrogen-bond donors (Lipinski definition) is 0. The third-order valence-electron chi connectivity index (χ3n) is 7.24. The molecule has 0 N–H and O–H groups in total. The van der Waals surface area contributed by atoms with Crippen molar-refractivity contribution in [3.63, 3.8) is 0 Å². The number of carbonyl (C=O) groups is 1.